The summed E-state index contributed by atoms with van der Waals surface area (Å²) in [5, 5.41) is 23.8. The Morgan fingerprint density at radius 2 is 2.17 bits per heavy atom. The predicted molar refractivity (Wildman–Crippen MR) is 88.5 cm³/mol. The van der Waals surface area contributed by atoms with E-state index >= 15 is 0 Å². The molecule has 1 amide bonds. The number of nitrogens with one attached hydrogen (secondary N) is 3. The largest absolute Gasteiger partial charge is 0.387 e. The number of aliphatic hydroxyl groups is 1. The molecule has 122 valence electrons. The molecule has 1 atom stereocenters. The molecule has 2 heterocycles. The third-order valence-corrected chi connectivity index (χ3v) is 4.41. The van der Waals surface area contributed by atoms with E-state index in [-0.39, 0.29) is 12.5 Å². The zero-order chi connectivity index (χ0) is 16.4. The summed E-state index contributed by atoms with van der Waals surface area (Å²) in [6, 6.07) is 7.29. The topological polar surface area (TPSA) is 90.0 Å². The Morgan fingerprint density at radius 3 is 2.83 bits per heavy atom. The summed E-state index contributed by atoms with van der Waals surface area (Å²) in [5.41, 5.74) is 1.91. The fourth-order valence-corrected chi connectivity index (χ4v) is 2.85. The van der Waals surface area contributed by atoms with E-state index in [0.717, 1.165) is 17.7 Å². The van der Waals surface area contributed by atoms with Crippen LogP contribution in [0.5, 0.6) is 0 Å². The quantitative estimate of drug-likeness (QED) is 0.682. The summed E-state index contributed by atoms with van der Waals surface area (Å²) in [7, 11) is 0. The Bertz CT molecular complexity index is 705. The summed E-state index contributed by atoms with van der Waals surface area (Å²) < 4.78 is 0. The molecule has 2 aromatic rings. The molecule has 0 radical (unpaired) electrons. The number of carbonyl (C=O) groups excluding carboxylic acids is 1. The molecule has 1 aromatic carbocycles. The first-order valence-electron chi connectivity index (χ1n) is 7.51. The van der Waals surface area contributed by atoms with Crippen LogP contribution in [0.15, 0.2) is 24.3 Å². The Hall–Kier alpha value is -1.89. The summed E-state index contributed by atoms with van der Waals surface area (Å²) >= 11 is 5.89. The zero-order valence-electron chi connectivity index (χ0n) is 12.8. The molecule has 0 saturated carbocycles. The predicted octanol–water partition coefficient (Wildman–Crippen LogP) is 1.49. The average Bonchev–Trinajstić information content (AvgIpc) is 3.13. The van der Waals surface area contributed by atoms with Crippen LogP contribution in [0.1, 0.15) is 22.5 Å². The van der Waals surface area contributed by atoms with Crippen molar-refractivity contribution in [3.05, 3.63) is 40.5 Å². The molecule has 23 heavy (non-hydrogen) atoms. The minimum absolute atomic E-state index is 0.216. The molecule has 0 spiro atoms. The molecular weight excluding hydrogens is 316 g/mol. The lowest BCUT2D eigenvalue weighted by Crippen LogP contribution is -2.44. The molecule has 1 aromatic heterocycles. The Balaban J connectivity index is 1.73. The van der Waals surface area contributed by atoms with Gasteiger partial charge in [-0.15, -0.1) is 0 Å². The molecule has 4 N–H and O–H groups in total. The molecule has 0 unspecified atom stereocenters. The van der Waals surface area contributed by atoms with Crippen molar-refractivity contribution in [3.8, 4) is 11.3 Å². The first kappa shape index (κ1) is 16.0. The third kappa shape index (κ3) is 3.39. The van der Waals surface area contributed by atoms with Gasteiger partial charge >= 0.3 is 0 Å². The van der Waals surface area contributed by atoms with Crippen LogP contribution >= 0.6 is 11.6 Å². The molecular formula is C16H19ClN4O2. The van der Waals surface area contributed by atoms with Gasteiger partial charge in [0.2, 0.25) is 0 Å². The fraction of sp³-hybridized carbons (Fsp3) is 0.375. The number of β-amino-alcohol motifs (C(OH)–C–C–N with tert-alkyl or cyclic N) is 1. The van der Waals surface area contributed by atoms with E-state index in [4.69, 9.17) is 11.6 Å². The lowest BCUT2D eigenvalue weighted by Gasteiger charge is -2.21. The van der Waals surface area contributed by atoms with Gasteiger partial charge in [0.05, 0.1) is 11.3 Å². The minimum Gasteiger partial charge on any atom is -0.387 e. The molecule has 6 nitrogen and oxygen atoms in total. The van der Waals surface area contributed by atoms with Crippen molar-refractivity contribution in [1.82, 2.24) is 20.8 Å². The molecule has 0 aliphatic carbocycles. The standard InChI is InChI=1S/C16H19ClN4O2/c1-10-13(11-2-4-12(17)5-3-11)20-21-14(10)15(22)19-9-16(23)6-7-18-8-16/h2-5,18,23H,6-9H2,1H3,(H,19,22)(H,20,21)/t16-/m0/s1. The molecule has 1 saturated heterocycles. The summed E-state index contributed by atoms with van der Waals surface area (Å²) in [6.45, 7) is 3.31. The molecule has 3 rings (SSSR count). The zero-order valence-corrected chi connectivity index (χ0v) is 13.6. The van der Waals surface area contributed by atoms with E-state index in [1.165, 1.54) is 0 Å². The van der Waals surface area contributed by atoms with E-state index in [0.29, 0.717) is 29.4 Å². The van der Waals surface area contributed by atoms with Crippen LogP contribution in [-0.2, 0) is 0 Å². The van der Waals surface area contributed by atoms with Crippen LogP contribution in [-0.4, -0.2) is 46.4 Å². The number of rotatable bonds is 4. The number of aromatic amines is 1. The SMILES string of the molecule is Cc1c(-c2ccc(Cl)cc2)n[nH]c1C(=O)NC[C@]1(O)CCNC1. The van der Waals surface area contributed by atoms with Crippen LogP contribution in [0.3, 0.4) is 0 Å². The normalized spacial score (nSPS) is 20.7. The second-order valence-corrected chi connectivity index (χ2v) is 6.35. The van der Waals surface area contributed by atoms with Crippen molar-refractivity contribution >= 4 is 17.5 Å². The van der Waals surface area contributed by atoms with Gasteiger partial charge in [0, 0.05) is 29.2 Å². The van der Waals surface area contributed by atoms with Crippen molar-refractivity contribution in [1.29, 1.82) is 0 Å². The number of hydrogen-bond acceptors (Lipinski definition) is 4. The summed E-state index contributed by atoms with van der Waals surface area (Å²) in [4.78, 5) is 12.3. The number of aromatic nitrogens is 2. The van der Waals surface area contributed by atoms with Crippen LogP contribution < -0.4 is 10.6 Å². The first-order chi connectivity index (χ1) is 11.0. The van der Waals surface area contributed by atoms with Gasteiger partial charge in [0.1, 0.15) is 5.69 Å². The first-order valence-corrected chi connectivity index (χ1v) is 7.88. The van der Waals surface area contributed by atoms with Crippen molar-refractivity contribution in [2.24, 2.45) is 0 Å². The van der Waals surface area contributed by atoms with Crippen molar-refractivity contribution in [3.63, 3.8) is 0 Å². The Labute approximate surface area is 139 Å². The highest BCUT2D eigenvalue weighted by molar-refractivity contribution is 6.30. The van der Waals surface area contributed by atoms with Gasteiger partial charge in [-0.1, -0.05) is 23.7 Å². The van der Waals surface area contributed by atoms with Crippen LogP contribution in [0, 0.1) is 6.92 Å². The fourth-order valence-electron chi connectivity index (χ4n) is 2.72. The number of carbonyl (C=O) groups is 1. The lowest BCUT2D eigenvalue weighted by molar-refractivity contribution is 0.0560. The highest BCUT2D eigenvalue weighted by atomic mass is 35.5. The molecule has 7 heteroatoms. The molecule has 1 fully saturated rings. The van der Waals surface area contributed by atoms with Gasteiger partial charge < -0.3 is 15.7 Å². The van der Waals surface area contributed by atoms with Crippen molar-refractivity contribution in [2.75, 3.05) is 19.6 Å². The monoisotopic (exact) mass is 334 g/mol. The molecule has 1 aliphatic heterocycles. The van der Waals surface area contributed by atoms with Crippen molar-refractivity contribution < 1.29 is 9.90 Å². The van der Waals surface area contributed by atoms with Crippen LogP contribution in [0.4, 0.5) is 0 Å². The third-order valence-electron chi connectivity index (χ3n) is 4.15. The van der Waals surface area contributed by atoms with Crippen molar-refractivity contribution in [2.45, 2.75) is 18.9 Å². The van der Waals surface area contributed by atoms with Gasteiger partial charge in [-0.25, -0.2) is 0 Å². The van der Waals surface area contributed by atoms with E-state index in [2.05, 4.69) is 20.8 Å². The van der Waals surface area contributed by atoms with Crippen LogP contribution in [0.2, 0.25) is 5.02 Å². The summed E-state index contributed by atoms with van der Waals surface area (Å²) in [6.07, 6.45) is 0.630. The molecule has 0 bridgehead atoms. The van der Waals surface area contributed by atoms with E-state index in [1.807, 2.05) is 19.1 Å². The number of halogens is 1. The Kier molecular flexibility index (Phi) is 4.39. The van der Waals surface area contributed by atoms with E-state index in [1.54, 1.807) is 12.1 Å². The van der Waals surface area contributed by atoms with Gasteiger partial charge in [-0.3, -0.25) is 9.89 Å². The average molecular weight is 335 g/mol. The number of hydrogen-bond donors (Lipinski definition) is 4. The highest BCUT2D eigenvalue weighted by Gasteiger charge is 2.31. The number of benzene rings is 1. The second-order valence-electron chi connectivity index (χ2n) is 5.91. The van der Waals surface area contributed by atoms with E-state index in [9.17, 15) is 9.90 Å². The number of nitrogens with zero attached hydrogens (tertiary/aromatic N) is 1. The van der Waals surface area contributed by atoms with Crippen LogP contribution in [0.25, 0.3) is 11.3 Å². The highest BCUT2D eigenvalue weighted by Crippen LogP contribution is 2.24. The number of amides is 1. The lowest BCUT2D eigenvalue weighted by atomic mass is 10.0. The smallest absolute Gasteiger partial charge is 0.269 e. The summed E-state index contributed by atoms with van der Waals surface area (Å²) in [5.74, 6) is -0.268. The second kappa shape index (κ2) is 6.31. The van der Waals surface area contributed by atoms with E-state index < -0.39 is 5.60 Å². The van der Waals surface area contributed by atoms with Gasteiger partial charge in [0.15, 0.2) is 0 Å². The van der Waals surface area contributed by atoms with Gasteiger partial charge in [-0.05, 0) is 32.0 Å². The maximum absolute atomic E-state index is 12.3. The maximum Gasteiger partial charge on any atom is 0.269 e. The minimum atomic E-state index is -0.872. The van der Waals surface area contributed by atoms with Gasteiger partial charge in [0.25, 0.3) is 5.91 Å². The number of H-pyrrole nitrogens is 1. The molecule has 1 aliphatic rings. The van der Waals surface area contributed by atoms with Gasteiger partial charge in [-0.2, -0.15) is 5.10 Å². The maximum atomic E-state index is 12.3. The Morgan fingerprint density at radius 1 is 1.43 bits per heavy atom.